The molecule has 0 radical (unpaired) electrons. The zero-order valence-electron chi connectivity index (χ0n) is 11.9. The van der Waals surface area contributed by atoms with Crippen LogP contribution in [-0.2, 0) is 16.1 Å². The molecule has 2 rings (SSSR count). The third kappa shape index (κ3) is 4.47. The molecule has 1 amide bonds. The minimum Gasteiger partial charge on any atom is -0.381 e. The molecule has 6 heteroatoms. The number of amides is 1. The van der Waals surface area contributed by atoms with Crippen molar-refractivity contribution in [2.24, 2.45) is 0 Å². The molecule has 21 heavy (non-hydrogen) atoms. The summed E-state index contributed by atoms with van der Waals surface area (Å²) in [6, 6.07) is 7.48. The summed E-state index contributed by atoms with van der Waals surface area (Å²) in [4.78, 5) is 11.4. The number of carbonyl (C=O) groups is 1. The molecule has 0 unspecified atom stereocenters. The van der Waals surface area contributed by atoms with Gasteiger partial charge in [0.1, 0.15) is 6.61 Å². The van der Waals surface area contributed by atoms with E-state index in [1.807, 2.05) is 30.5 Å². The monoisotopic (exact) mass is 286 g/mol. The molecule has 1 aromatic heterocycles. The SMILES string of the molecule is C=Cn1cc(CNc2ccc(NC(=O)COC)cc2)cn1. The van der Waals surface area contributed by atoms with E-state index in [9.17, 15) is 4.79 Å². The van der Waals surface area contributed by atoms with Gasteiger partial charge in [-0.2, -0.15) is 5.10 Å². The van der Waals surface area contributed by atoms with Crippen LogP contribution < -0.4 is 10.6 Å². The van der Waals surface area contributed by atoms with Crippen molar-refractivity contribution in [2.75, 3.05) is 24.4 Å². The number of nitrogens with one attached hydrogen (secondary N) is 2. The first-order valence-electron chi connectivity index (χ1n) is 6.49. The Balaban J connectivity index is 1.87. The van der Waals surface area contributed by atoms with Crippen molar-refractivity contribution in [3.8, 4) is 0 Å². The van der Waals surface area contributed by atoms with Gasteiger partial charge in [0.2, 0.25) is 5.91 Å². The minimum absolute atomic E-state index is 0.0489. The normalized spacial score (nSPS) is 10.1. The summed E-state index contributed by atoms with van der Waals surface area (Å²) in [5, 5.41) is 10.1. The number of ether oxygens (including phenoxy) is 1. The Bertz CT molecular complexity index is 604. The van der Waals surface area contributed by atoms with Crippen LogP contribution >= 0.6 is 0 Å². The van der Waals surface area contributed by atoms with Crippen LogP contribution in [-0.4, -0.2) is 29.4 Å². The van der Waals surface area contributed by atoms with Crippen molar-refractivity contribution < 1.29 is 9.53 Å². The Morgan fingerprint density at radius 2 is 2.10 bits per heavy atom. The standard InChI is InChI=1S/C15H18N4O2/c1-3-19-10-12(9-17-19)8-16-13-4-6-14(7-5-13)18-15(20)11-21-2/h3-7,9-10,16H,1,8,11H2,2H3,(H,18,20). The van der Waals surface area contributed by atoms with Crippen LogP contribution in [0.2, 0.25) is 0 Å². The minimum atomic E-state index is -0.171. The van der Waals surface area contributed by atoms with E-state index >= 15 is 0 Å². The molecule has 0 saturated heterocycles. The Hall–Kier alpha value is -2.60. The molecular weight excluding hydrogens is 268 g/mol. The highest BCUT2D eigenvalue weighted by atomic mass is 16.5. The molecule has 0 bridgehead atoms. The van der Waals surface area contributed by atoms with Crippen molar-refractivity contribution in [1.29, 1.82) is 0 Å². The van der Waals surface area contributed by atoms with Crippen molar-refractivity contribution in [2.45, 2.75) is 6.54 Å². The third-order valence-corrected chi connectivity index (χ3v) is 2.78. The van der Waals surface area contributed by atoms with Gasteiger partial charge in [0, 0.05) is 43.0 Å². The van der Waals surface area contributed by atoms with Gasteiger partial charge in [-0.25, -0.2) is 4.68 Å². The highest BCUT2D eigenvalue weighted by Crippen LogP contribution is 2.14. The van der Waals surface area contributed by atoms with Crippen LogP contribution in [0.15, 0.2) is 43.2 Å². The first kappa shape index (κ1) is 14.8. The number of aromatic nitrogens is 2. The highest BCUT2D eigenvalue weighted by Gasteiger charge is 2.01. The molecule has 2 N–H and O–H groups in total. The predicted octanol–water partition coefficient (Wildman–Crippen LogP) is 2.18. The van der Waals surface area contributed by atoms with Crippen LogP contribution in [0.1, 0.15) is 5.56 Å². The number of nitrogens with zero attached hydrogens (tertiary/aromatic N) is 2. The third-order valence-electron chi connectivity index (χ3n) is 2.78. The predicted molar refractivity (Wildman–Crippen MR) is 82.9 cm³/mol. The van der Waals surface area contributed by atoms with Gasteiger partial charge in [-0.3, -0.25) is 4.79 Å². The van der Waals surface area contributed by atoms with Gasteiger partial charge in [-0.1, -0.05) is 6.58 Å². The Kier molecular flexibility index (Phi) is 5.11. The van der Waals surface area contributed by atoms with Crippen molar-refractivity contribution in [1.82, 2.24) is 9.78 Å². The number of hydrogen-bond acceptors (Lipinski definition) is 4. The van der Waals surface area contributed by atoms with Crippen LogP contribution in [0.4, 0.5) is 11.4 Å². The number of hydrogen-bond donors (Lipinski definition) is 2. The van der Waals surface area contributed by atoms with Gasteiger partial charge in [0.05, 0.1) is 6.20 Å². The zero-order valence-corrected chi connectivity index (χ0v) is 11.9. The largest absolute Gasteiger partial charge is 0.381 e. The van der Waals surface area contributed by atoms with Gasteiger partial charge in [0.15, 0.2) is 0 Å². The average Bonchev–Trinajstić information content (AvgIpc) is 2.95. The number of rotatable bonds is 7. The topological polar surface area (TPSA) is 68.2 Å². The molecule has 6 nitrogen and oxygen atoms in total. The number of benzene rings is 1. The summed E-state index contributed by atoms with van der Waals surface area (Å²) in [6.07, 6.45) is 5.33. The fourth-order valence-electron chi connectivity index (χ4n) is 1.77. The molecule has 0 atom stereocenters. The van der Waals surface area contributed by atoms with E-state index in [0.717, 1.165) is 16.9 Å². The van der Waals surface area contributed by atoms with E-state index < -0.39 is 0 Å². The summed E-state index contributed by atoms with van der Waals surface area (Å²) >= 11 is 0. The van der Waals surface area contributed by atoms with E-state index in [2.05, 4.69) is 22.3 Å². The molecule has 0 fully saturated rings. The van der Waals surface area contributed by atoms with Gasteiger partial charge >= 0.3 is 0 Å². The molecule has 1 aromatic carbocycles. The van der Waals surface area contributed by atoms with Crippen LogP contribution in [0, 0.1) is 0 Å². The molecule has 110 valence electrons. The lowest BCUT2D eigenvalue weighted by Gasteiger charge is -2.07. The van der Waals surface area contributed by atoms with Gasteiger partial charge < -0.3 is 15.4 Å². The summed E-state index contributed by atoms with van der Waals surface area (Å²) in [5.74, 6) is -0.171. The molecule has 1 heterocycles. The maximum atomic E-state index is 11.4. The summed E-state index contributed by atoms with van der Waals surface area (Å²) in [6.45, 7) is 4.36. The van der Waals surface area contributed by atoms with Crippen LogP contribution in [0.5, 0.6) is 0 Å². The second-order valence-electron chi connectivity index (χ2n) is 4.42. The van der Waals surface area contributed by atoms with E-state index in [4.69, 9.17) is 4.74 Å². The maximum absolute atomic E-state index is 11.4. The highest BCUT2D eigenvalue weighted by molar-refractivity contribution is 5.91. The fraction of sp³-hybridized carbons (Fsp3) is 0.200. The van der Waals surface area contributed by atoms with Gasteiger partial charge in [0.25, 0.3) is 0 Å². The average molecular weight is 286 g/mol. The Labute approximate surface area is 123 Å². The first-order valence-corrected chi connectivity index (χ1v) is 6.49. The van der Waals surface area contributed by atoms with Crippen LogP contribution in [0.3, 0.4) is 0 Å². The number of anilines is 2. The quantitative estimate of drug-likeness (QED) is 0.818. The molecule has 0 aliphatic rings. The van der Waals surface area contributed by atoms with E-state index in [1.54, 1.807) is 17.1 Å². The van der Waals surface area contributed by atoms with Crippen molar-refractivity contribution >= 4 is 23.5 Å². The van der Waals surface area contributed by atoms with Crippen LogP contribution in [0.25, 0.3) is 6.20 Å². The molecule has 0 aliphatic carbocycles. The number of carbonyl (C=O) groups excluding carboxylic acids is 1. The summed E-state index contributed by atoms with van der Waals surface area (Å²) in [5.41, 5.74) is 2.76. The molecular formula is C15H18N4O2. The zero-order chi connectivity index (χ0) is 15.1. The first-order chi connectivity index (χ1) is 10.2. The second kappa shape index (κ2) is 7.25. The fourth-order valence-corrected chi connectivity index (χ4v) is 1.77. The van der Waals surface area contributed by atoms with Crippen molar-refractivity contribution in [3.63, 3.8) is 0 Å². The Morgan fingerprint density at radius 1 is 1.38 bits per heavy atom. The summed E-state index contributed by atoms with van der Waals surface area (Å²) < 4.78 is 6.42. The van der Waals surface area contributed by atoms with E-state index in [-0.39, 0.29) is 12.5 Å². The molecule has 0 saturated carbocycles. The lowest BCUT2D eigenvalue weighted by Crippen LogP contribution is -2.16. The second-order valence-corrected chi connectivity index (χ2v) is 4.42. The number of methoxy groups -OCH3 is 1. The lowest BCUT2D eigenvalue weighted by atomic mass is 10.2. The maximum Gasteiger partial charge on any atom is 0.250 e. The van der Waals surface area contributed by atoms with Gasteiger partial charge in [-0.05, 0) is 24.3 Å². The van der Waals surface area contributed by atoms with E-state index in [1.165, 1.54) is 7.11 Å². The van der Waals surface area contributed by atoms with Crippen molar-refractivity contribution in [3.05, 3.63) is 48.8 Å². The van der Waals surface area contributed by atoms with E-state index in [0.29, 0.717) is 6.54 Å². The molecule has 0 spiro atoms. The Morgan fingerprint density at radius 3 is 2.71 bits per heavy atom. The lowest BCUT2D eigenvalue weighted by molar-refractivity contribution is -0.119. The smallest absolute Gasteiger partial charge is 0.250 e. The molecule has 2 aromatic rings. The van der Waals surface area contributed by atoms with Gasteiger partial charge in [-0.15, -0.1) is 0 Å². The summed E-state index contributed by atoms with van der Waals surface area (Å²) in [7, 11) is 1.49. The molecule has 0 aliphatic heterocycles.